The number of hydrogen-bond acceptors (Lipinski definition) is 1. The summed E-state index contributed by atoms with van der Waals surface area (Å²) in [6.45, 7) is 0. The van der Waals surface area contributed by atoms with Gasteiger partial charge in [-0.3, -0.25) is 0 Å². The van der Waals surface area contributed by atoms with Gasteiger partial charge in [-0.15, -0.1) is 0 Å². The molecule has 2 bridgehead atoms. The van der Waals surface area contributed by atoms with Crippen LogP contribution in [0, 0.1) is 17.7 Å². The van der Waals surface area contributed by atoms with Crippen molar-refractivity contribution in [3.63, 3.8) is 0 Å². The van der Waals surface area contributed by atoms with Crippen molar-refractivity contribution >= 4 is 0 Å². The number of benzene rings is 2. The van der Waals surface area contributed by atoms with E-state index >= 15 is 0 Å². The Bertz CT molecular complexity index is 629. The van der Waals surface area contributed by atoms with Gasteiger partial charge in [0.25, 0.3) is 0 Å². The van der Waals surface area contributed by atoms with Crippen molar-refractivity contribution in [3.05, 3.63) is 71.0 Å². The van der Waals surface area contributed by atoms with E-state index in [1.807, 2.05) is 0 Å². The SMILES string of the molecule is OC1(c2ccc(F)cc2)C2CCC1Cc1ccccc1C2. The minimum Gasteiger partial charge on any atom is -0.385 e. The van der Waals surface area contributed by atoms with Gasteiger partial charge in [0.15, 0.2) is 0 Å². The Morgan fingerprint density at radius 1 is 0.857 bits per heavy atom. The highest BCUT2D eigenvalue weighted by molar-refractivity contribution is 5.35. The molecule has 0 saturated heterocycles. The third kappa shape index (κ3) is 1.93. The molecule has 2 aromatic carbocycles. The second-order valence-electron chi connectivity index (χ2n) is 6.48. The van der Waals surface area contributed by atoms with Crippen molar-refractivity contribution in [2.75, 3.05) is 0 Å². The molecular weight excluding hydrogens is 263 g/mol. The van der Waals surface area contributed by atoms with Gasteiger partial charge in [-0.1, -0.05) is 36.4 Å². The van der Waals surface area contributed by atoms with Crippen molar-refractivity contribution in [1.29, 1.82) is 0 Å². The lowest BCUT2D eigenvalue weighted by molar-refractivity contribution is -0.0395. The maximum absolute atomic E-state index is 13.2. The molecule has 21 heavy (non-hydrogen) atoms. The molecule has 1 nitrogen and oxygen atoms in total. The average molecular weight is 282 g/mol. The fraction of sp³-hybridized carbons (Fsp3) is 0.368. The number of hydrogen-bond donors (Lipinski definition) is 1. The molecule has 0 amide bonds. The van der Waals surface area contributed by atoms with Crippen LogP contribution >= 0.6 is 0 Å². The first-order valence-corrected chi connectivity index (χ1v) is 7.73. The molecule has 2 atom stereocenters. The lowest BCUT2D eigenvalue weighted by atomic mass is 9.77. The molecule has 2 aliphatic carbocycles. The van der Waals surface area contributed by atoms with E-state index in [1.54, 1.807) is 12.1 Å². The number of aliphatic hydroxyl groups is 1. The Morgan fingerprint density at radius 3 is 1.90 bits per heavy atom. The summed E-state index contributed by atoms with van der Waals surface area (Å²) in [5.74, 6) is 0.222. The molecule has 0 heterocycles. The fourth-order valence-electron chi connectivity index (χ4n) is 4.37. The summed E-state index contributed by atoms with van der Waals surface area (Å²) in [5, 5.41) is 11.5. The third-order valence-corrected chi connectivity index (χ3v) is 5.47. The minimum absolute atomic E-state index is 0.233. The van der Waals surface area contributed by atoms with E-state index in [2.05, 4.69) is 24.3 Å². The van der Waals surface area contributed by atoms with Crippen LogP contribution in [0.1, 0.15) is 29.5 Å². The van der Waals surface area contributed by atoms with Gasteiger partial charge in [0.1, 0.15) is 5.82 Å². The Kier molecular flexibility index (Phi) is 2.90. The number of halogens is 1. The third-order valence-electron chi connectivity index (χ3n) is 5.47. The molecule has 1 N–H and O–H groups in total. The normalized spacial score (nSPS) is 30.8. The van der Waals surface area contributed by atoms with E-state index in [0.29, 0.717) is 0 Å². The van der Waals surface area contributed by atoms with Crippen molar-refractivity contribution in [2.24, 2.45) is 11.8 Å². The highest BCUT2D eigenvalue weighted by atomic mass is 19.1. The molecule has 1 saturated carbocycles. The summed E-state index contributed by atoms with van der Waals surface area (Å²) in [6.07, 6.45) is 3.93. The molecule has 2 heteroatoms. The summed E-state index contributed by atoms with van der Waals surface area (Å²) in [6, 6.07) is 15.0. The monoisotopic (exact) mass is 282 g/mol. The molecule has 0 radical (unpaired) electrons. The van der Waals surface area contributed by atoms with Gasteiger partial charge in [-0.2, -0.15) is 0 Å². The summed E-state index contributed by atoms with van der Waals surface area (Å²) >= 11 is 0. The zero-order valence-corrected chi connectivity index (χ0v) is 11.9. The molecule has 2 aromatic rings. The first-order chi connectivity index (χ1) is 10.2. The predicted octanol–water partition coefficient (Wildman–Crippen LogP) is 3.84. The standard InChI is InChI=1S/C19H19FO/c20-18-9-7-15(8-10-18)19(21)16-5-6-17(19)12-14-4-2-1-3-13(14)11-16/h1-4,7-10,16-17,21H,5-6,11-12H2. The van der Waals surface area contributed by atoms with Gasteiger partial charge in [-0.05, 0) is 66.3 Å². The van der Waals surface area contributed by atoms with Crippen LogP contribution in [0.4, 0.5) is 4.39 Å². The summed E-state index contributed by atoms with van der Waals surface area (Å²) in [7, 11) is 0. The predicted molar refractivity (Wildman–Crippen MR) is 80.4 cm³/mol. The quantitative estimate of drug-likeness (QED) is 0.842. The molecule has 4 rings (SSSR count). The van der Waals surface area contributed by atoms with Gasteiger partial charge in [0.05, 0.1) is 5.60 Å². The smallest absolute Gasteiger partial charge is 0.123 e. The van der Waals surface area contributed by atoms with Crippen LogP contribution in [0.5, 0.6) is 0 Å². The maximum atomic E-state index is 13.2. The molecule has 0 aliphatic heterocycles. The maximum Gasteiger partial charge on any atom is 0.123 e. The van der Waals surface area contributed by atoms with E-state index in [0.717, 1.165) is 31.2 Å². The lowest BCUT2D eigenvalue weighted by Gasteiger charge is -2.34. The van der Waals surface area contributed by atoms with Crippen molar-refractivity contribution in [3.8, 4) is 0 Å². The van der Waals surface area contributed by atoms with Gasteiger partial charge in [0, 0.05) is 0 Å². The highest BCUT2D eigenvalue weighted by Gasteiger charge is 2.51. The lowest BCUT2D eigenvalue weighted by Crippen LogP contribution is -2.37. The first kappa shape index (κ1) is 13.0. The molecule has 2 aliphatic rings. The second kappa shape index (κ2) is 4.67. The Labute approximate surface area is 124 Å². The van der Waals surface area contributed by atoms with Gasteiger partial charge >= 0.3 is 0 Å². The van der Waals surface area contributed by atoms with Crippen LogP contribution < -0.4 is 0 Å². The van der Waals surface area contributed by atoms with Crippen molar-refractivity contribution < 1.29 is 9.50 Å². The largest absolute Gasteiger partial charge is 0.385 e. The summed E-state index contributed by atoms with van der Waals surface area (Å²) in [4.78, 5) is 0. The Hall–Kier alpha value is -1.67. The molecular formula is C19H19FO. The van der Waals surface area contributed by atoms with E-state index in [9.17, 15) is 9.50 Å². The van der Waals surface area contributed by atoms with Crippen LogP contribution in [0.3, 0.4) is 0 Å². The highest BCUT2D eigenvalue weighted by Crippen LogP contribution is 2.52. The van der Waals surface area contributed by atoms with Crippen molar-refractivity contribution in [1.82, 2.24) is 0 Å². The van der Waals surface area contributed by atoms with Gasteiger partial charge < -0.3 is 5.11 Å². The fourth-order valence-corrected chi connectivity index (χ4v) is 4.37. The number of rotatable bonds is 1. The molecule has 108 valence electrons. The van der Waals surface area contributed by atoms with Crippen LogP contribution in [-0.2, 0) is 18.4 Å². The van der Waals surface area contributed by atoms with Crippen LogP contribution in [0.25, 0.3) is 0 Å². The second-order valence-corrected chi connectivity index (χ2v) is 6.48. The molecule has 0 aromatic heterocycles. The van der Waals surface area contributed by atoms with E-state index in [1.165, 1.54) is 23.3 Å². The summed E-state index contributed by atoms with van der Waals surface area (Å²) < 4.78 is 13.2. The van der Waals surface area contributed by atoms with Crippen LogP contribution in [0.2, 0.25) is 0 Å². The van der Waals surface area contributed by atoms with Gasteiger partial charge in [0.2, 0.25) is 0 Å². The average Bonchev–Trinajstić information content (AvgIpc) is 2.71. The molecule has 1 fully saturated rings. The Morgan fingerprint density at radius 2 is 1.38 bits per heavy atom. The zero-order valence-electron chi connectivity index (χ0n) is 11.9. The Balaban J connectivity index is 1.79. The van der Waals surface area contributed by atoms with Crippen molar-refractivity contribution in [2.45, 2.75) is 31.3 Å². The van der Waals surface area contributed by atoms with Crippen LogP contribution in [-0.4, -0.2) is 5.11 Å². The van der Waals surface area contributed by atoms with E-state index in [4.69, 9.17) is 0 Å². The van der Waals surface area contributed by atoms with Gasteiger partial charge in [-0.25, -0.2) is 4.39 Å². The van der Waals surface area contributed by atoms with E-state index in [-0.39, 0.29) is 17.7 Å². The minimum atomic E-state index is -0.813. The molecule has 2 unspecified atom stereocenters. The zero-order chi connectivity index (χ0) is 14.4. The molecule has 0 spiro atoms. The summed E-state index contributed by atoms with van der Waals surface area (Å²) in [5.41, 5.74) is 2.80. The number of fused-ring (bicyclic) bond motifs is 3. The van der Waals surface area contributed by atoms with Crippen LogP contribution in [0.15, 0.2) is 48.5 Å². The topological polar surface area (TPSA) is 20.2 Å². The first-order valence-electron chi connectivity index (χ1n) is 7.73. The van der Waals surface area contributed by atoms with E-state index < -0.39 is 5.60 Å².